The molecule has 0 aliphatic heterocycles. The molecule has 0 saturated carbocycles. The number of hydrogen-bond donors (Lipinski definition) is 3. The van der Waals surface area contributed by atoms with Crippen molar-refractivity contribution in [1.29, 1.82) is 0 Å². The van der Waals surface area contributed by atoms with Crippen LogP contribution in [0.15, 0.2) is 18.2 Å². The van der Waals surface area contributed by atoms with Crippen molar-refractivity contribution < 1.29 is 10.2 Å². The Morgan fingerprint density at radius 1 is 1.25 bits per heavy atom. The Morgan fingerprint density at radius 3 is 2.62 bits per heavy atom. The van der Waals surface area contributed by atoms with E-state index in [-0.39, 0.29) is 17.5 Å². The number of unbranched alkanes of at least 4 members (excludes halogenated alkanes) is 2. The normalized spacial score (nSPS) is 12.6. The van der Waals surface area contributed by atoms with Crippen molar-refractivity contribution >= 4 is 0 Å². The second kappa shape index (κ2) is 6.38. The minimum absolute atomic E-state index is 0.0967. The van der Waals surface area contributed by atoms with Crippen molar-refractivity contribution in [2.45, 2.75) is 39.2 Å². The summed E-state index contributed by atoms with van der Waals surface area (Å²) in [5.41, 5.74) is 0.828. The Labute approximate surface area is 97.1 Å². The lowest BCUT2D eigenvalue weighted by atomic mass is 10.1. The summed E-state index contributed by atoms with van der Waals surface area (Å²) in [5.74, 6) is 0.245. The summed E-state index contributed by atoms with van der Waals surface area (Å²) < 4.78 is 0. The SMILES string of the molecule is CCCCCNC(C)c1ccc(O)cc1O. The van der Waals surface area contributed by atoms with Crippen LogP contribution in [0.4, 0.5) is 0 Å². The van der Waals surface area contributed by atoms with Gasteiger partial charge in [0.2, 0.25) is 0 Å². The highest BCUT2D eigenvalue weighted by Gasteiger charge is 2.09. The third kappa shape index (κ3) is 3.74. The number of nitrogens with one attached hydrogen (secondary N) is 1. The lowest BCUT2D eigenvalue weighted by Crippen LogP contribution is -2.19. The van der Waals surface area contributed by atoms with E-state index < -0.39 is 0 Å². The van der Waals surface area contributed by atoms with E-state index in [0.29, 0.717) is 0 Å². The van der Waals surface area contributed by atoms with Crippen LogP contribution in [0.3, 0.4) is 0 Å². The molecule has 0 heterocycles. The Kier molecular flexibility index (Phi) is 5.12. The number of aromatic hydroxyl groups is 2. The van der Waals surface area contributed by atoms with Crippen LogP contribution in [0.1, 0.15) is 44.7 Å². The highest BCUT2D eigenvalue weighted by molar-refractivity contribution is 5.40. The van der Waals surface area contributed by atoms with E-state index >= 15 is 0 Å². The quantitative estimate of drug-likeness (QED) is 0.650. The summed E-state index contributed by atoms with van der Waals surface area (Å²) in [6.45, 7) is 5.14. The lowest BCUT2D eigenvalue weighted by molar-refractivity contribution is 0.435. The van der Waals surface area contributed by atoms with E-state index in [9.17, 15) is 10.2 Å². The Hall–Kier alpha value is -1.22. The summed E-state index contributed by atoms with van der Waals surface area (Å²) in [6, 6.07) is 4.83. The van der Waals surface area contributed by atoms with Crippen molar-refractivity contribution in [3.63, 3.8) is 0 Å². The largest absolute Gasteiger partial charge is 0.508 e. The summed E-state index contributed by atoms with van der Waals surface area (Å²) in [6.07, 6.45) is 3.58. The fourth-order valence-corrected chi connectivity index (χ4v) is 1.70. The maximum Gasteiger partial charge on any atom is 0.124 e. The number of phenolic OH excluding ortho intramolecular Hbond substituents is 2. The smallest absolute Gasteiger partial charge is 0.124 e. The predicted molar refractivity (Wildman–Crippen MR) is 65.7 cm³/mol. The van der Waals surface area contributed by atoms with Gasteiger partial charge in [-0.1, -0.05) is 25.8 Å². The molecule has 3 N–H and O–H groups in total. The molecule has 0 aromatic heterocycles. The second-order valence-electron chi connectivity index (χ2n) is 4.13. The number of rotatable bonds is 6. The van der Waals surface area contributed by atoms with Crippen molar-refractivity contribution in [3.05, 3.63) is 23.8 Å². The zero-order valence-corrected chi connectivity index (χ0v) is 10.0. The van der Waals surface area contributed by atoms with Crippen LogP contribution in [-0.2, 0) is 0 Å². The number of hydrogen-bond acceptors (Lipinski definition) is 3. The van der Waals surface area contributed by atoms with E-state index in [1.807, 2.05) is 6.92 Å². The van der Waals surface area contributed by atoms with E-state index in [2.05, 4.69) is 12.2 Å². The van der Waals surface area contributed by atoms with Gasteiger partial charge in [-0.2, -0.15) is 0 Å². The fourth-order valence-electron chi connectivity index (χ4n) is 1.70. The zero-order valence-electron chi connectivity index (χ0n) is 10.0. The fraction of sp³-hybridized carbons (Fsp3) is 0.538. The third-order valence-corrected chi connectivity index (χ3v) is 2.71. The molecular formula is C13H21NO2. The first kappa shape index (κ1) is 12.8. The van der Waals surface area contributed by atoms with Crippen molar-refractivity contribution in [3.8, 4) is 11.5 Å². The average molecular weight is 223 g/mol. The number of phenols is 2. The zero-order chi connectivity index (χ0) is 12.0. The van der Waals surface area contributed by atoms with Crippen LogP contribution in [-0.4, -0.2) is 16.8 Å². The van der Waals surface area contributed by atoms with Crippen LogP contribution in [0, 0.1) is 0 Å². The molecule has 0 fully saturated rings. The Bertz CT molecular complexity index is 326. The first-order chi connectivity index (χ1) is 7.65. The minimum atomic E-state index is 0.0967. The molecule has 3 heteroatoms. The molecule has 16 heavy (non-hydrogen) atoms. The van der Waals surface area contributed by atoms with Gasteiger partial charge < -0.3 is 15.5 Å². The summed E-state index contributed by atoms with van der Waals surface area (Å²) >= 11 is 0. The molecule has 3 nitrogen and oxygen atoms in total. The average Bonchev–Trinajstić information content (AvgIpc) is 2.24. The van der Waals surface area contributed by atoms with Gasteiger partial charge in [0, 0.05) is 17.7 Å². The van der Waals surface area contributed by atoms with Gasteiger partial charge in [0.05, 0.1) is 0 Å². The van der Waals surface area contributed by atoms with Gasteiger partial charge in [0.25, 0.3) is 0 Å². The topological polar surface area (TPSA) is 52.5 Å². The van der Waals surface area contributed by atoms with Crippen molar-refractivity contribution in [2.75, 3.05) is 6.54 Å². The van der Waals surface area contributed by atoms with E-state index in [1.54, 1.807) is 12.1 Å². The maximum atomic E-state index is 9.66. The van der Waals surface area contributed by atoms with Gasteiger partial charge in [-0.15, -0.1) is 0 Å². The van der Waals surface area contributed by atoms with Gasteiger partial charge in [0.1, 0.15) is 11.5 Å². The molecule has 1 rings (SSSR count). The van der Waals surface area contributed by atoms with Gasteiger partial charge in [0.15, 0.2) is 0 Å². The molecule has 0 aliphatic rings. The summed E-state index contributed by atoms with van der Waals surface area (Å²) in [7, 11) is 0. The number of benzene rings is 1. The van der Waals surface area contributed by atoms with Crippen molar-refractivity contribution in [2.24, 2.45) is 0 Å². The Morgan fingerprint density at radius 2 is 2.00 bits per heavy atom. The summed E-state index contributed by atoms with van der Waals surface area (Å²) in [5, 5.41) is 22.2. The van der Waals surface area contributed by atoms with Crippen LogP contribution < -0.4 is 5.32 Å². The second-order valence-corrected chi connectivity index (χ2v) is 4.13. The van der Waals surface area contributed by atoms with E-state index in [1.165, 1.54) is 18.9 Å². The van der Waals surface area contributed by atoms with Crippen molar-refractivity contribution in [1.82, 2.24) is 5.32 Å². The van der Waals surface area contributed by atoms with Gasteiger partial charge >= 0.3 is 0 Å². The molecule has 0 amide bonds. The molecule has 0 aliphatic carbocycles. The maximum absolute atomic E-state index is 9.66. The molecule has 90 valence electrons. The molecule has 1 aromatic rings. The molecule has 1 unspecified atom stereocenters. The first-order valence-corrected chi connectivity index (χ1v) is 5.90. The van der Waals surface area contributed by atoms with Crippen LogP contribution >= 0.6 is 0 Å². The van der Waals surface area contributed by atoms with Gasteiger partial charge in [-0.3, -0.25) is 0 Å². The van der Waals surface area contributed by atoms with Gasteiger partial charge in [-0.05, 0) is 26.0 Å². The first-order valence-electron chi connectivity index (χ1n) is 5.90. The third-order valence-electron chi connectivity index (χ3n) is 2.71. The van der Waals surface area contributed by atoms with Crippen LogP contribution in [0.5, 0.6) is 11.5 Å². The van der Waals surface area contributed by atoms with Crippen LogP contribution in [0.2, 0.25) is 0 Å². The Balaban J connectivity index is 2.49. The lowest BCUT2D eigenvalue weighted by Gasteiger charge is -2.15. The molecule has 1 aromatic carbocycles. The molecular weight excluding hydrogens is 202 g/mol. The molecule has 0 radical (unpaired) electrons. The van der Waals surface area contributed by atoms with Crippen LogP contribution in [0.25, 0.3) is 0 Å². The molecule has 0 saturated heterocycles. The van der Waals surface area contributed by atoms with E-state index in [4.69, 9.17) is 0 Å². The van der Waals surface area contributed by atoms with E-state index in [0.717, 1.165) is 18.5 Å². The molecule has 0 bridgehead atoms. The highest BCUT2D eigenvalue weighted by atomic mass is 16.3. The molecule has 0 spiro atoms. The van der Waals surface area contributed by atoms with Gasteiger partial charge in [-0.25, -0.2) is 0 Å². The molecule has 1 atom stereocenters. The highest BCUT2D eigenvalue weighted by Crippen LogP contribution is 2.27. The summed E-state index contributed by atoms with van der Waals surface area (Å²) in [4.78, 5) is 0. The minimum Gasteiger partial charge on any atom is -0.508 e. The predicted octanol–water partition coefficient (Wildman–Crippen LogP) is 2.94. The monoisotopic (exact) mass is 223 g/mol. The standard InChI is InChI=1S/C13H21NO2/c1-3-4-5-8-14-10(2)12-7-6-11(15)9-13(12)16/h6-7,9-10,14-16H,3-5,8H2,1-2H3.